The second kappa shape index (κ2) is 10.1. The van der Waals surface area contributed by atoms with Crippen molar-refractivity contribution in [3.63, 3.8) is 0 Å². The standard InChI is InChI=1S/C33H29N3O4/c1-20(2)32-35-28-26(11-12-27(39-3)29(28)36-32)33(18-21-13-15-34-16-14-21)30(37)24-10-9-23(17-25(24)31(33)38)40-19-22-7-5-4-6-8-22/h4-17,20H,18-19H2,1-3H3,(H,35,36). The van der Waals surface area contributed by atoms with E-state index in [2.05, 4.69) is 9.97 Å². The van der Waals surface area contributed by atoms with Gasteiger partial charge in [0.05, 0.1) is 12.6 Å². The minimum atomic E-state index is -1.50. The number of benzene rings is 3. The number of H-pyrrole nitrogens is 1. The number of hydrogen-bond acceptors (Lipinski definition) is 6. The molecule has 1 N–H and O–H groups in total. The lowest BCUT2D eigenvalue weighted by Crippen LogP contribution is -2.41. The lowest BCUT2D eigenvalue weighted by molar-refractivity contribution is 0.0794. The number of aromatic amines is 1. The Labute approximate surface area is 232 Å². The minimum Gasteiger partial charge on any atom is -0.494 e. The van der Waals surface area contributed by atoms with Crippen LogP contribution in [0, 0.1) is 0 Å². The van der Waals surface area contributed by atoms with Crippen molar-refractivity contribution in [2.45, 2.75) is 38.2 Å². The van der Waals surface area contributed by atoms with Crippen LogP contribution in [0.2, 0.25) is 0 Å². The Hall–Kier alpha value is -4.78. The van der Waals surface area contributed by atoms with Gasteiger partial charge in [-0.1, -0.05) is 50.2 Å². The number of methoxy groups -OCH3 is 1. The monoisotopic (exact) mass is 531 g/mol. The van der Waals surface area contributed by atoms with Crippen molar-refractivity contribution in [3.05, 3.63) is 119 Å². The number of imidazole rings is 1. The first-order valence-electron chi connectivity index (χ1n) is 13.3. The average molecular weight is 532 g/mol. The molecule has 0 bridgehead atoms. The second-order valence-electron chi connectivity index (χ2n) is 10.4. The summed E-state index contributed by atoms with van der Waals surface area (Å²) in [6.07, 6.45) is 3.52. The number of nitrogens with zero attached hydrogens (tertiary/aromatic N) is 2. The molecule has 0 saturated carbocycles. The van der Waals surface area contributed by atoms with E-state index in [1.54, 1.807) is 43.8 Å². The number of aromatic nitrogens is 3. The summed E-state index contributed by atoms with van der Waals surface area (Å²) in [5.41, 5.74) is 2.86. The van der Waals surface area contributed by atoms with Gasteiger partial charge in [-0.15, -0.1) is 0 Å². The third-order valence-corrected chi connectivity index (χ3v) is 7.57. The zero-order valence-corrected chi connectivity index (χ0v) is 22.6. The highest BCUT2D eigenvalue weighted by molar-refractivity contribution is 6.34. The molecule has 200 valence electrons. The van der Waals surface area contributed by atoms with E-state index >= 15 is 0 Å². The number of pyridine rings is 1. The van der Waals surface area contributed by atoms with Crippen LogP contribution in [0.5, 0.6) is 11.5 Å². The fraction of sp³-hybridized carbons (Fsp3) is 0.212. The first kappa shape index (κ1) is 25.5. The van der Waals surface area contributed by atoms with Gasteiger partial charge >= 0.3 is 0 Å². The smallest absolute Gasteiger partial charge is 0.182 e. The van der Waals surface area contributed by atoms with Crippen LogP contribution in [-0.2, 0) is 18.4 Å². The van der Waals surface area contributed by atoms with Crippen LogP contribution in [0.4, 0.5) is 0 Å². The number of hydrogen-bond donors (Lipinski definition) is 1. The van der Waals surface area contributed by atoms with Gasteiger partial charge in [-0.3, -0.25) is 14.6 Å². The summed E-state index contributed by atoms with van der Waals surface area (Å²) < 4.78 is 11.6. The molecule has 6 rings (SSSR count). The van der Waals surface area contributed by atoms with Crippen LogP contribution in [0.25, 0.3) is 11.0 Å². The van der Waals surface area contributed by atoms with Crippen LogP contribution in [0.3, 0.4) is 0 Å². The van der Waals surface area contributed by atoms with Crippen molar-refractivity contribution < 1.29 is 19.1 Å². The molecule has 0 saturated heterocycles. The maximum atomic E-state index is 14.5. The molecule has 40 heavy (non-hydrogen) atoms. The first-order chi connectivity index (χ1) is 19.4. The number of carbonyl (C=O) groups is 2. The SMILES string of the molecule is COc1ccc(C2(Cc3ccncc3)C(=O)c3ccc(OCc4ccccc4)cc3C2=O)c2nc(C(C)C)[nH]c12. The van der Waals surface area contributed by atoms with Gasteiger partial charge in [0.1, 0.15) is 34.9 Å². The van der Waals surface area contributed by atoms with Crippen LogP contribution in [0.1, 0.15) is 63.0 Å². The van der Waals surface area contributed by atoms with Crippen molar-refractivity contribution in [2.24, 2.45) is 0 Å². The molecule has 1 unspecified atom stereocenters. The Bertz CT molecular complexity index is 1730. The molecule has 7 heteroatoms. The Kier molecular flexibility index (Phi) is 6.42. The van der Waals surface area contributed by atoms with Gasteiger partial charge in [0.2, 0.25) is 0 Å². The minimum absolute atomic E-state index is 0.109. The van der Waals surface area contributed by atoms with Gasteiger partial charge in [-0.25, -0.2) is 4.98 Å². The summed E-state index contributed by atoms with van der Waals surface area (Å²) in [5.74, 6) is 1.48. The highest BCUT2D eigenvalue weighted by Crippen LogP contribution is 2.46. The molecule has 7 nitrogen and oxygen atoms in total. The summed E-state index contributed by atoms with van der Waals surface area (Å²) in [5, 5.41) is 0. The molecule has 0 spiro atoms. The molecule has 1 aliphatic carbocycles. The van der Waals surface area contributed by atoms with Gasteiger partial charge in [0.15, 0.2) is 11.6 Å². The van der Waals surface area contributed by atoms with E-state index in [-0.39, 0.29) is 23.9 Å². The summed E-state index contributed by atoms with van der Waals surface area (Å²) in [7, 11) is 1.59. The second-order valence-corrected chi connectivity index (χ2v) is 10.4. The lowest BCUT2D eigenvalue weighted by Gasteiger charge is -2.27. The number of ether oxygens (including phenoxy) is 2. The molecule has 0 fully saturated rings. The van der Waals surface area contributed by atoms with Gasteiger partial charge in [0.25, 0.3) is 0 Å². The van der Waals surface area contributed by atoms with Gasteiger partial charge < -0.3 is 14.5 Å². The van der Waals surface area contributed by atoms with E-state index in [9.17, 15) is 9.59 Å². The van der Waals surface area contributed by atoms with E-state index in [0.717, 1.165) is 17.0 Å². The molecular weight excluding hydrogens is 502 g/mol. The van der Waals surface area contributed by atoms with Crippen molar-refractivity contribution in [3.8, 4) is 11.5 Å². The largest absolute Gasteiger partial charge is 0.494 e. The van der Waals surface area contributed by atoms with E-state index in [0.29, 0.717) is 45.8 Å². The van der Waals surface area contributed by atoms with Crippen LogP contribution >= 0.6 is 0 Å². The number of ketones is 2. The average Bonchev–Trinajstić information content (AvgIpc) is 3.52. The van der Waals surface area contributed by atoms with Crippen LogP contribution in [0.15, 0.2) is 85.2 Å². The van der Waals surface area contributed by atoms with E-state index in [1.807, 2.05) is 62.4 Å². The molecule has 0 aliphatic heterocycles. The zero-order valence-electron chi connectivity index (χ0n) is 22.6. The number of rotatable bonds is 8. The summed E-state index contributed by atoms with van der Waals surface area (Å²) in [6.45, 7) is 4.43. The number of carbonyl (C=O) groups excluding carboxylic acids is 2. The van der Waals surface area contributed by atoms with Gasteiger partial charge in [-0.2, -0.15) is 0 Å². The maximum Gasteiger partial charge on any atom is 0.182 e. The molecule has 2 aromatic heterocycles. The number of nitrogens with one attached hydrogen (secondary N) is 1. The van der Waals surface area contributed by atoms with Gasteiger partial charge in [-0.05, 0) is 53.9 Å². The third-order valence-electron chi connectivity index (χ3n) is 7.57. The predicted octanol–water partition coefficient (Wildman–Crippen LogP) is 6.23. The molecule has 5 aromatic rings. The Balaban J connectivity index is 1.50. The zero-order chi connectivity index (χ0) is 27.9. The third kappa shape index (κ3) is 4.14. The fourth-order valence-electron chi connectivity index (χ4n) is 5.48. The van der Waals surface area contributed by atoms with Crippen molar-refractivity contribution in [1.29, 1.82) is 0 Å². The van der Waals surface area contributed by atoms with Crippen molar-refractivity contribution in [1.82, 2.24) is 15.0 Å². The predicted molar refractivity (Wildman–Crippen MR) is 152 cm³/mol. The molecule has 0 amide bonds. The highest BCUT2D eigenvalue weighted by Gasteiger charge is 2.55. The highest BCUT2D eigenvalue weighted by atomic mass is 16.5. The quantitative estimate of drug-likeness (QED) is 0.239. The summed E-state index contributed by atoms with van der Waals surface area (Å²) in [6, 6.07) is 22.2. The van der Waals surface area contributed by atoms with Gasteiger partial charge in [0, 0.05) is 35.0 Å². The Morgan fingerprint density at radius 1 is 0.875 bits per heavy atom. The summed E-state index contributed by atoms with van der Waals surface area (Å²) >= 11 is 0. The van der Waals surface area contributed by atoms with E-state index < -0.39 is 5.41 Å². The molecule has 1 atom stereocenters. The van der Waals surface area contributed by atoms with E-state index in [4.69, 9.17) is 14.5 Å². The Morgan fingerprint density at radius 2 is 1.62 bits per heavy atom. The van der Waals surface area contributed by atoms with Crippen LogP contribution < -0.4 is 9.47 Å². The van der Waals surface area contributed by atoms with Crippen molar-refractivity contribution in [2.75, 3.05) is 7.11 Å². The maximum absolute atomic E-state index is 14.5. The molecule has 2 heterocycles. The molecule has 1 aliphatic rings. The lowest BCUT2D eigenvalue weighted by atomic mass is 9.71. The fourth-order valence-corrected chi connectivity index (χ4v) is 5.48. The summed E-state index contributed by atoms with van der Waals surface area (Å²) in [4.78, 5) is 41.3. The topological polar surface area (TPSA) is 94.2 Å². The van der Waals surface area contributed by atoms with E-state index in [1.165, 1.54) is 0 Å². The molecule has 0 radical (unpaired) electrons. The number of fused-ring (bicyclic) bond motifs is 2. The molecule has 3 aromatic carbocycles. The van der Waals surface area contributed by atoms with Crippen molar-refractivity contribution >= 4 is 22.6 Å². The molecular formula is C33H29N3O4. The van der Waals surface area contributed by atoms with Crippen LogP contribution in [-0.4, -0.2) is 33.6 Å². The first-order valence-corrected chi connectivity index (χ1v) is 13.3. The Morgan fingerprint density at radius 3 is 2.35 bits per heavy atom. The number of Topliss-reactive ketones (excluding diaryl/α,β-unsaturated/α-hetero) is 2. The normalized spacial score (nSPS) is 16.5.